The minimum absolute atomic E-state index is 0.0652. The predicted molar refractivity (Wildman–Crippen MR) is 107 cm³/mol. The molecule has 33 heavy (non-hydrogen) atoms. The van der Waals surface area contributed by atoms with Crippen LogP contribution in [0.1, 0.15) is 46.0 Å². The topological polar surface area (TPSA) is 125 Å². The largest absolute Gasteiger partial charge is 0.522 e. The Balaban J connectivity index is 1.78. The Morgan fingerprint density at radius 2 is 1.94 bits per heavy atom. The molecule has 3 N–H and O–H groups in total. The zero-order valence-electron chi connectivity index (χ0n) is 18.6. The van der Waals surface area contributed by atoms with Crippen molar-refractivity contribution in [2.45, 2.75) is 70.0 Å². The highest BCUT2D eigenvalue weighted by Crippen LogP contribution is 2.43. The number of carbonyl (C=O) groups is 4. The third kappa shape index (κ3) is 6.03. The first-order valence-corrected chi connectivity index (χ1v) is 11.1. The van der Waals surface area contributed by atoms with Gasteiger partial charge in [0.2, 0.25) is 11.8 Å². The van der Waals surface area contributed by atoms with Gasteiger partial charge < -0.3 is 20.6 Å². The summed E-state index contributed by atoms with van der Waals surface area (Å²) in [4.78, 5) is 51.9. The van der Waals surface area contributed by atoms with E-state index in [-0.39, 0.29) is 30.7 Å². The molecule has 0 radical (unpaired) electrons. The van der Waals surface area contributed by atoms with Crippen LogP contribution in [-0.2, 0) is 23.9 Å². The second-order valence-electron chi connectivity index (χ2n) is 9.59. The van der Waals surface area contributed by atoms with E-state index in [9.17, 15) is 37.5 Å². The van der Waals surface area contributed by atoms with Crippen LogP contribution >= 0.6 is 0 Å². The summed E-state index contributed by atoms with van der Waals surface area (Å²) < 4.78 is 41.0. The lowest BCUT2D eigenvalue weighted by atomic mass is 9.91. The molecular weight excluding hydrogens is 447 g/mol. The van der Waals surface area contributed by atoms with E-state index < -0.39 is 54.2 Å². The number of hydrogen-bond donors (Lipinski definition) is 3. The van der Waals surface area contributed by atoms with E-state index in [2.05, 4.69) is 15.4 Å². The summed E-state index contributed by atoms with van der Waals surface area (Å²) in [6, 6.07) is -2.33. The van der Waals surface area contributed by atoms with Gasteiger partial charge in [0.15, 0.2) is 5.78 Å². The van der Waals surface area contributed by atoms with Crippen LogP contribution in [0, 0.1) is 17.8 Å². The number of Topliss-reactive ketones (excluding diaryl/α,β-unsaturated/α-hetero) is 1. The molecule has 1 saturated carbocycles. The van der Waals surface area contributed by atoms with Crippen molar-refractivity contribution in [2.24, 2.45) is 17.8 Å². The van der Waals surface area contributed by atoms with Crippen LogP contribution in [0.5, 0.6) is 0 Å². The zero-order valence-corrected chi connectivity index (χ0v) is 18.6. The molecule has 0 unspecified atom stereocenters. The van der Waals surface area contributed by atoms with Crippen molar-refractivity contribution < 1.29 is 42.2 Å². The molecule has 9 nitrogen and oxygen atoms in total. The standard InChI is InChI=1S/C21H30F3N3O6/c1-20(2,32)19(31)27-9-12-4-3-5-13(12)16(27)18(30)26-14(8-11-6-7-25-17(11)29)15(28)10-33-21(22,23)24/h11-14,16,32H,3-10H2,1-2H3,(H,25,29)(H,26,30)/t11-,12-,13-,14-,16-/m0/s1. The van der Waals surface area contributed by atoms with Crippen LogP contribution in [0.15, 0.2) is 0 Å². The summed E-state index contributed by atoms with van der Waals surface area (Å²) in [7, 11) is 0. The maximum atomic E-state index is 13.3. The van der Waals surface area contributed by atoms with E-state index in [1.807, 2.05) is 0 Å². The number of hydrogen-bond acceptors (Lipinski definition) is 6. The third-order valence-electron chi connectivity index (χ3n) is 6.71. The maximum Gasteiger partial charge on any atom is 0.522 e. The molecule has 0 spiro atoms. The number of nitrogens with zero attached hydrogens (tertiary/aromatic N) is 1. The zero-order chi connectivity index (χ0) is 24.6. The molecule has 0 bridgehead atoms. The average molecular weight is 477 g/mol. The van der Waals surface area contributed by atoms with E-state index in [1.165, 1.54) is 18.7 Å². The highest BCUT2D eigenvalue weighted by molar-refractivity contribution is 5.95. The lowest BCUT2D eigenvalue weighted by molar-refractivity contribution is -0.321. The molecular formula is C21H30F3N3O6. The first-order valence-electron chi connectivity index (χ1n) is 11.1. The fourth-order valence-corrected chi connectivity index (χ4v) is 5.14. The second kappa shape index (κ2) is 9.57. The van der Waals surface area contributed by atoms with Gasteiger partial charge in [0.25, 0.3) is 5.91 Å². The van der Waals surface area contributed by atoms with Crippen LogP contribution in [0.25, 0.3) is 0 Å². The number of likely N-dealkylation sites (tertiary alicyclic amines) is 1. The van der Waals surface area contributed by atoms with Gasteiger partial charge in [-0.2, -0.15) is 0 Å². The number of alkyl halides is 3. The molecule has 5 atom stereocenters. The molecule has 2 saturated heterocycles. The summed E-state index contributed by atoms with van der Waals surface area (Å²) in [5.41, 5.74) is -1.71. The van der Waals surface area contributed by atoms with Gasteiger partial charge in [0.05, 0.1) is 6.04 Å². The van der Waals surface area contributed by atoms with E-state index >= 15 is 0 Å². The number of nitrogens with one attached hydrogen (secondary N) is 2. The van der Waals surface area contributed by atoms with Crippen LogP contribution in [0.4, 0.5) is 13.2 Å². The maximum absolute atomic E-state index is 13.3. The van der Waals surface area contributed by atoms with Gasteiger partial charge in [-0.15, -0.1) is 13.2 Å². The first-order chi connectivity index (χ1) is 15.3. The van der Waals surface area contributed by atoms with Gasteiger partial charge in [0, 0.05) is 19.0 Å². The summed E-state index contributed by atoms with van der Waals surface area (Å²) >= 11 is 0. The number of rotatable bonds is 8. The molecule has 186 valence electrons. The Hall–Kier alpha value is -2.21. The number of halogens is 3. The molecule has 0 aromatic heterocycles. The van der Waals surface area contributed by atoms with Crippen molar-refractivity contribution in [1.29, 1.82) is 0 Å². The normalized spacial score (nSPS) is 28.4. The Bertz CT molecular complexity index is 797. The van der Waals surface area contributed by atoms with E-state index in [0.717, 1.165) is 12.8 Å². The average Bonchev–Trinajstić information content (AvgIpc) is 3.39. The number of amides is 3. The minimum Gasteiger partial charge on any atom is -0.381 e. The van der Waals surface area contributed by atoms with Gasteiger partial charge in [-0.05, 0) is 51.4 Å². The predicted octanol–water partition coefficient (Wildman–Crippen LogP) is 0.501. The van der Waals surface area contributed by atoms with Crippen LogP contribution in [0.2, 0.25) is 0 Å². The SMILES string of the molecule is CC(C)(O)C(=O)N1C[C@@H]2CCC[C@@H]2[C@H]1C(=O)N[C@@H](C[C@@H]1CCNC1=O)C(=O)COC(F)(F)F. The van der Waals surface area contributed by atoms with E-state index in [4.69, 9.17) is 0 Å². The lowest BCUT2D eigenvalue weighted by Gasteiger charge is -2.32. The molecule has 3 rings (SSSR count). The number of fused-ring (bicyclic) bond motifs is 1. The number of carbonyl (C=O) groups excluding carboxylic acids is 4. The van der Waals surface area contributed by atoms with Crippen molar-refractivity contribution in [2.75, 3.05) is 19.7 Å². The Kier molecular flexibility index (Phi) is 7.37. The highest BCUT2D eigenvalue weighted by atomic mass is 19.4. The number of ketones is 1. The van der Waals surface area contributed by atoms with Gasteiger partial charge in [-0.25, -0.2) is 0 Å². The first kappa shape index (κ1) is 25.4. The van der Waals surface area contributed by atoms with E-state index in [0.29, 0.717) is 19.4 Å². The molecule has 2 aliphatic heterocycles. The Labute approximate surface area is 189 Å². The summed E-state index contributed by atoms with van der Waals surface area (Å²) in [5.74, 6) is -3.40. The van der Waals surface area contributed by atoms with Crippen LogP contribution in [-0.4, -0.2) is 77.3 Å². The molecule has 3 fully saturated rings. The number of ether oxygens (including phenoxy) is 1. The summed E-state index contributed by atoms with van der Waals surface area (Å²) in [6.45, 7) is 1.99. The minimum atomic E-state index is -5.02. The second-order valence-corrected chi connectivity index (χ2v) is 9.59. The fraction of sp³-hybridized carbons (Fsp3) is 0.810. The fourth-order valence-electron chi connectivity index (χ4n) is 5.14. The van der Waals surface area contributed by atoms with Crippen molar-refractivity contribution in [3.8, 4) is 0 Å². The monoisotopic (exact) mass is 477 g/mol. The van der Waals surface area contributed by atoms with Crippen LogP contribution in [0.3, 0.4) is 0 Å². The third-order valence-corrected chi connectivity index (χ3v) is 6.71. The van der Waals surface area contributed by atoms with Crippen LogP contribution < -0.4 is 10.6 Å². The molecule has 2 heterocycles. The summed E-state index contributed by atoms with van der Waals surface area (Å²) in [5, 5.41) is 15.3. The van der Waals surface area contributed by atoms with Crippen molar-refractivity contribution in [1.82, 2.24) is 15.5 Å². The van der Waals surface area contributed by atoms with Gasteiger partial charge in [-0.1, -0.05) is 6.42 Å². The highest BCUT2D eigenvalue weighted by Gasteiger charge is 2.52. The molecule has 3 aliphatic rings. The summed E-state index contributed by atoms with van der Waals surface area (Å²) in [6.07, 6.45) is -2.44. The molecule has 1 aliphatic carbocycles. The smallest absolute Gasteiger partial charge is 0.381 e. The van der Waals surface area contributed by atoms with E-state index in [1.54, 1.807) is 0 Å². The van der Waals surface area contributed by atoms with Crippen molar-refractivity contribution >= 4 is 23.5 Å². The van der Waals surface area contributed by atoms with Crippen molar-refractivity contribution in [3.63, 3.8) is 0 Å². The molecule has 0 aromatic carbocycles. The molecule has 0 aromatic rings. The quantitative estimate of drug-likeness (QED) is 0.468. The van der Waals surface area contributed by atoms with Gasteiger partial charge >= 0.3 is 6.36 Å². The Morgan fingerprint density at radius 1 is 1.24 bits per heavy atom. The van der Waals surface area contributed by atoms with Gasteiger partial charge in [-0.3, -0.25) is 23.9 Å². The van der Waals surface area contributed by atoms with Crippen molar-refractivity contribution in [3.05, 3.63) is 0 Å². The van der Waals surface area contributed by atoms with Gasteiger partial charge in [0.1, 0.15) is 18.2 Å². The Morgan fingerprint density at radius 3 is 2.52 bits per heavy atom. The molecule has 3 amide bonds. The number of aliphatic hydroxyl groups is 1. The molecule has 12 heteroatoms. The lowest BCUT2D eigenvalue weighted by Crippen LogP contribution is -2.56.